The molecule has 1 atom stereocenters. The van der Waals surface area contributed by atoms with Crippen LogP contribution >= 0.6 is 0 Å². The molecule has 0 radical (unpaired) electrons. The van der Waals surface area contributed by atoms with Crippen LogP contribution in [0.2, 0.25) is 0 Å². The van der Waals surface area contributed by atoms with Crippen LogP contribution in [0.1, 0.15) is 25.7 Å². The van der Waals surface area contributed by atoms with Gasteiger partial charge in [-0.1, -0.05) is 0 Å². The summed E-state index contributed by atoms with van der Waals surface area (Å²) in [7, 11) is 1.73. The maximum Gasteiger partial charge on any atom is 0.311 e. The lowest BCUT2D eigenvalue weighted by molar-refractivity contribution is -0.157. The van der Waals surface area contributed by atoms with Gasteiger partial charge in [-0.2, -0.15) is 0 Å². The fraction of sp³-hybridized carbons (Fsp3) is 0.923. The van der Waals surface area contributed by atoms with Gasteiger partial charge in [0, 0.05) is 33.4 Å². The predicted molar refractivity (Wildman–Crippen MR) is 66.6 cm³/mol. The fourth-order valence-corrected chi connectivity index (χ4v) is 2.98. The van der Waals surface area contributed by atoms with Gasteiger partial charge in [0.05, 0.1) is 11.5 Å². The van der Waals surface area contributed by atoms with Crippen molar-refractivity contribution in [1.82, 2.24) is 4.90 Å². The Balaban J connectivity index is 1.98. The van der Waals surface area contributed by atoms with Gasteiger partial charge in [0.15, 0.2) is 0 Å². The van der Waals surface area contributed by atoms with Crippen molar-refractivity contribution in [2.24, 2.45) is 5.41 Å². The van der Waals surface area contributed by atoms with Crippen LogP contribution in [-0.4, -0.2) is 62.0 Å². The highest BCUT2D eigenvalue weighted by atomic mass is 16.5. The third-order valence-corrected chi connectivity index (χ3v) is 4.23. The molecule has 0 aromatic rings. The molecule has 0 spiro atoms. The first kappa shape index (κ1) is 13.8. The van der Waals surface area contributed by atoms with Crippen LogP contribution in [0.25, 0.3) is 0 Å². The molecule has 0 amide bonds. The standard InChI is InChI=1S/C13H23NO4/c1-17-11-3-2-6-14(9-11)10-13(12(15)16)4-7-18-8-5-13/h11H,2-10H2,1H3,(H,15,16). The second-order valence-electron chi connectivity index (χ2n) is 5.43. The number of aliphatic carboxylic acids is 1. The SMILES string of the molecule is COC1CCCN(CC2(C(=O)O)CCOCC2)C1. The Morgan fingerprint density at radius 3 is 2.83 bits per heavy atom. The van der Waals surface area contributed by atoms with E-state index in [2.05, 4.69) is 4.90 Å². The van der Waals surface area contributed by atoms with E-state index in [1.54, 1.807) is 7.11 Å². The zero-order chi connectivity index (χ0) is 13.0. The summed E-state index contributed by atoms with van der Waals surface area (Å²) in [5, 5.41) is 9.53. The van der Waals surface area contributed by atoms with Crippen LogP contribution in [0.5, 0.6) is 0 Å². The number of piperidine rings is 1. The molecular formula is C13H23NO4. The van der Waals surface area contributed by atoms with E-state index in [0.717, 1.165) is 25.9 Å². The van der Waals surface area contributed by atoms with Crippen LogP contribution in [0.4, 0.5) is 0 Å². The zero-order valence-electron chi connectivity index (χ0n) is 11.1. The summed E-state index contributed by atoms with van der Waals surface area (Å²) in [6.45, 7) is 3.59. The van der Waals surface area contributed by atoms with Gasteiger partial charge in [0.2, 0.25) is 0 Å². The lowest BCUT2D eigenvalue weighted by atomic mass is 9.79. The number of hydrogen-bond acceptors (Lipinski definition) is 4. The third kappa shape index (κ3) is 3.02. The molecule has 1 unspecified atom stereocenters. The van der Waals surface area contributed by atoms with E-state index in [4.69, 9.17) is 9.47 Å². The lowest BCUT2D eigenvalue weighted by Gasteiger charge is -2.40. The minimum atomic E-state index is -0.676. The first-order chi connectivity index (χ1) is 8.66. The number of methoxy groups -OCH3 is 1. The van der Waals surface area contributed by atoms with Gasteiger partial charge in [-0.25, -0.2) is 0 Å². The minimum Gasteiger partial charge on any atom is -0.481 e. The summed E-state index contributed by atoms with van der Waals surface area (Å²) in [4.78, 5) is 13.8. The highest BCUT2D eigenvalue weighted by molar-refractivity contribution is 5.75. The monoisotopic (exact) mass is 257 g/mol. The molecule has 2 aliphatic rings. The Morgan fingerprint density at radius 1 is 1.50 bits per heavy atom. The molecule has 2 heterocycles. The molecule has 2 rings (SSSR count). The van der Waals surface area contributed by atoms with Crippen molar-refractivity contribution < 1.29 is 19.4 Å². The molecule has 2 saturated heterocycles. The Bertz CT molecular complexity index is 289. The molecule has 18 heavy (non-hydrogen) atoms. The van der Waals surface area contributed by atoms with Gasteiger partial charge in [-0.15, -0.1) is 0 Å². The maximum atomic E-state index is 11.6. The Labute approximate surface area is 108 Å². The summed E-state index contributed by atoms with van der Waals surface area (Å²) in [6, 6.07) is 0. The van der Waals surface area contributed by atoms with E-state index in [1.807, 2.05) is 0 Å². The number of rotatable bonds is 4. The summed E-state index contributed by atoms with van der Waals surface area (Å²) in [5.41, 5.74) is -0.617. The van der Waals surface area contributed by atoms with E-state index in [1.165, 1.54) is 0 Å². The number of ether oxygens (including phenoxy) is 2. The molecule has 2 fully saturated rings. The van der Waals surface area contributed by atoms with E-state index in [-0.39, 0.29) is 6.10 Å². The molecular weight excluding hydrogens is 234 g/mol. The summed E-state index contributed by atoms with van der Waals surface area (Å²) in [5.74, 6) is -0.676. The second kappa shape index (κ2) is 5.99. The van der Waals surface area contributed by atoms with Crippen molar-refractivity contribution in [3.63, 3.8) is 0 Å². The topological polar surface area (TPSA) is 59.0 Å². The Kier molecular flexibility index (Phi) is 4.59. The van der Waals surface area contributed by atoms with Crippen LogP contribution in [0.15, 0.2) is 0 Å². The van der Waals surface area contributed by atoms with Gasteiger partial charge >= 0.3 is 5.97 Å². The number of likely N-dealkylation sites (tertiary alicyclic amines) is 1. The molecule has 0 aromatic heterocycles. The van der Waals surface area contributed by atoms with E-state index < -0.39 is 11.4 Å². The number of carbonyl (C=O) groups is 1. The average molecular weight is 257 g/mol. The van der Waals surface area contributed by atoms with E-state index >= 15 is 0 Å². The first-order valence-electron chi connectivity index (χ1n) is 6.72. The molecule has 0 aromatic carbocycles. The molecule has 5 heteroatoms. The molecule has 2 aliphatic heterocycles. The zero-order valence-corrected chi connectivity index (χ0v) is 11.1. The quantitative estimate of drug-likeness (QED) is 0.813. The number of carboxylic acids is 1. The maximum absolute atomic E-state index is 11.6. The first-order valence-corrected chi connectivity index (χ1v) is 6.72. The predicted octanol–water partition coefficient (Wildman–Crippen LogP) is 0.979. The number of nitrogens with zero attached hydrogens (tertiary/aromatic N) is 1. The van der Waals surface area contributed by atoms with Gasteiger partial charge in [0.25, 0.3) is 0 Å². The Hall–Kier alpha value is -0.650. The average Bonchev–Trinajstić information content (AvgIpc) is 2.40. The highest BCUT2D eigenvalue weighted by Gasteiger charge is 2.42. The van der Waals surface area contributed by atoms with Gasteiger partial charge < -0.3 is 14.6 Å². The van der Waals surface area contributed by atoms with Crippen LogP contribution in [0.3, 0.4) is 0 Å². The van der Waals surface area contributed by atoms with Crippen LogP contribution in [0, 0.1) is 5.41 Å². The van der Waals surface area contributed by atoms with Crippen LogP contribution in [-0.2, 0) is 14.3 Å². The van der Waals surface area contributed by atoms with Crippen molar-refractivity contribution >= 4 is 5.97 Å². The molecule has 104 valence electrons. The van der Waals surface area contributed by atoms with Gasteiger partial charge in [0.1, 0.15) is 0 Å². The Morgan fingerprint density at radius 2 is 2.22 bits per heavy atom. The molecule has 0 bridgehead atoms. The van der Waals surface area contributed by atoms with Gasteiger partial charge in [-0.05, 0) is 32.2 Å². The van der Waals surface area contributed by atoms with Crippen molar-refractivity contribution in [3.8, 4) is 0 Å². The van der Waals surface area contributed by atoms with E-state index in [9.17, 15) is 9.90 Å². The van der Waals surface area contributed by atoms with Crippen molar-refractivity contribution in [1.29, 1.82) is 0 Å². The molecule has 0 aliphatic carbocycles. The molecule has 0 saturated carbocycles. The largest absolute Gasteiger partial charge is 0.481 e. The third-order valence-electron chi connectivity index (χ3n) is 4.23. The van der Waals surface area contributed by atoms with E-state index in [0.29, 0.717) is 32.6 Å². The lowest BCUT2D eigenvalue weighted by Crippen LogP contribution is -2.50. The van der Waals surface area contributed by atoms with Crippen molar-refractivity contribution in [2.45, 2.75) is 31.8 Å². The van der Waals surface area contributed by atoms with Gasteiger partial charge in [-0.3, -0.25) is 9.69 Å². The summed E-state index contributed by atoms with van der Waals surface area (Å²) < 4.78 is 10.7. The van der Waals surface area contributed by atoms with Crippen molar-refractivity contribution in [3.05, 3.63) is 0 Å². The molecule has 1 N–H and O–H groups in total. The molecule has 5 nitrogen and oxygen atoms in total. The fourth-order valence-electron chi connectivity index (χ4n) is 2.98. The smallest absolute Gasteiger partial charge is 0.311 e. The normalized spacial score (nSPS) is 29.1. The highest BCUT2D eigenvalue weighted by Crippen LogP contribution is 2.32. The minimum absolute atomic E-state index is 0.254. The summed E-state index contributed by atoms with van der Waals surface area (Å²) >= 11 is 0. The van der Waals surface area contributed by atoms with Crippen molar-refractivity contribution in [2.75, 3.05) is 40.0 Å². The summed E-state index contributed by atoms with van der Waals surface area (Å²) in [6.07, 6.45) is 3.66. The second-order valence-corrected chi connectivity index (χ2v) is 5.43. The van der Waals surface area contributed by atoms with Crippen LogP contribution < -0.4 is 0 Å². The number of carboxylic acid groups (broad SMARTS) is 1. The number of hydrogen-bond donors (Lipinski definition) is 1.